The van der Waals surface area contributed by atoms with Crippen LogP contribution in [-0.4, -0.2) is 83.6 Å². The number of nitrogens with zero attached hydrogens (tertiary/aromatic N) is 3. The summed E-state index contributed by atoms with van der Waals surface area (Å²) in [4.78, 5) is 7.11. The molecule has 1 saturated heterocycles. The molecule has 0 bridgehead atoms. The third kappa shape index (κ3) is 7.23. The van der Waals surface area contributed by atoms with E-state index in [2.05, 4.69) is 34.4 Å². The Labute approximate surface area is 181 Å². The summed E-state index contributed by atoms with van der Waals surface area (Å²) in [6.45, 7) is 9.40. The molecule has 8 nitrogen and oxygen atoms in total. The molecule has 0 aromatic heterocycles. The van der Waals surface area contributed by atoms with Crippen LogP contribution in [0.15, 0.2) is 34.2 Å². The molecule has 2 rings (SSSR count). The van der Waals surface area contributed by atoms with Gasteiger partial charge in [0.15, 0.2) is 5.96 Å². The first-order chi connectivity index (χ1) is 14.2. The van der Waals surface area contributed by atoms with Gasteiger partial charge in [0.25, 0.3) is 0 Å². The Morgan fingerprint density at radius 2 is 1.80 bits per heavy atom. The highest BCUT2D eigenvalue weighted by Crippen LogP contribution is 2.14. The molecule has 9 heteroatoms. The van der Waals surface area contributed by atoms with E-state index in [1.54, 1.807) is 19.2 Å². The van der Waals surface area contributed by atoms with E-state index < -0.39 is 10.0 Å². The summed E-state index contributed by atoms with van der Waals surface area (Å²) in [5, 5.41) is 6.76. The molecule has 2 N–H and O–H groups in total. The minimum Gasteiger partial charge on any atom is -0.379 e. The summed E-state index contributed by atoms with van der Waals surface area (Å²) in [5.41, 5.74) is 0.988. The van der Waals surface area contributed by atoms with Crippen LogP contribution < -0.4 is 10.6 Å². The van der Waals surface area contributed by atoms with Crippen LogP contribution in [0, 0.1) is 5.92 Å². The van der Waals surface area contributed by atoms with Crippen LogP contribution in [0.3, 0.4) is 0 Å². The van der Waals surface area contributed by atoms with Crippen LogP contribution in [0.4, 0.5) is 0 Å². The Hall–Kier alpha value is -1.68. The third-order valence-corrected chi connectivity index (χ3v) is 7.03. The SMILES string of the molecule is CN=C(NCc1ccc(S(=O)(=O)N(C)C)cc1)NCC(CC(C)C)N1CCOCC1. The number of morpholine rings is 1. The van der Waals surface area contributed by atoms with E-state index >= 15 is 0 Å². The molecular formula is C21H37N5O3S. The first-order valence-electron chi connectivity index (χ1n) is 10.5. The highest BCUT2D eigenvalue weighted by Gasteiger charge is 2.22. The van der Waals surface area contributed by atoms with E-state index in [9.17, 15) is 8.42 Å². The molecule has 1 aromatic rings. The molecule has 0 aliphatic carbocycles. The van der Waals surface area contributed by atoms with Gasteiger partial charge in [0.05, 0.1) is 18.1 Å². The maximum Gasteiger partial charge on any atom is 0.242 e. The average Bonchev–Trinajstić information content (AvgIpc) is 2.73. The van der Waals surface area contributed by atoms with Gasteiger partial charge in [-0.2, -0.15) is 0 Å². The van der Waals surface area contributed by atoms with Crippen molar-refractivity contribution in [2.75, 3.05) is 54.0 Å². The van der Waals surface area contributed by atoms with Gasteiger partial charge in [0.2, 0.25) is 10.0 Å². The van der Waals surface area contributed by atoms with Gasteiger partial charge in [-0.05, 0) is 30.0 Å². The summed E-state index contributed by atoms with van der Waals surface area (Å²) in [6, 6.07) is 7.36. The second-order valence-electron chi connectivity index (χ2n) is 8.17. The fourth-order valence-corrected chi connectivity index (χ4v) is 4.36. The largest absolute Gasteiger partial charge is 0.379 e. The Morgan fingerprint density at radius 1 is 1.17 bits per heavy atom. The zero-order valence-electron chi connectivity index (χ0n) is 18.9. The van der Waals surface area contributed by atoms with Gasteiger partial charge in [-0.3, -0.25) is 9.89 Å². The van der Waals surface area contributed by atoms with Crippen LogP contribution in [0.1, 0.15) is 25.8 Å². The summed E-state index contributed by atoms with van der Waals surface area (Å²) >= 11 is 0. The van der Waals surface area contributed by atoms with Crippen LogP contribution in [0.2, 0.25) is 0 Å². The molecule has 1 aliphatic rings. The standard InChI is InChI=1S/C21H37N5O3S/c1-17(2)14-19(26-10-12-29-13-11-26)16-24-21(22-3)23-15-18-6-8-20(9-7-18)30(27,28)25(4)5/h6-9,17,19H,10-16H2,1-5H3,(H2,22,23,24). The monoisotopic (exact) mass is 439 g/mol. The number of guanidine groups is 1. The van der Waals surface area contributed by atoms with Gasteiger partial charge < -0.3 is 15.4 Å². The molecule has 1 fully saturated rings. The number of aliphatic imine (C=N–C) groups is 1. The number of sulfonamides is 1. The van der Waals surface area contributed by atoms with Crippen molar-refractivity contribution < 1.29 is 13.2 Å². The van der Waals surface area contributed by atoms with Crippen molar-refractivity contribution in [3.05, 3.63) is 29.8 Å². The third-order valence-electron chi connectivity index (χ3n) is 5.20. The van der Waals surface area contributed by atoms with E-state index in [0.29, 0.717) is 23.4 Å². The number of hydrogen-bond donors (Lipinski definition) is 2. The zero-order chi connectivity index (χ0) is 22.1. The number of benzene rings is 1. The quantitative estimate of drug-likeness (QED) is 0.446. The molecule has 0 saturated carbocycles. The molecule has 0 radical (unpaired) electrons. The minimum absolute atomic E-state index is 0.292. The van der Waals surface area contributed by atoms with E-state index in [4.69, 9.17) is 4.74 Å². The lowest BCUT2D eigenvalue weighted by Crippen LogP contribution is -2.50. The van der Waals surface area contributed by atoms with Gasteiger partial charge in [0.1, 0.15) is 0 Å². The summed E-state index contributed by atoms with van der Waals surface area (Å²) < 4.78 is 31.1. The van der Waals surface area contributed by atoms with Crippen molar-refractivity contribution in [1.82, 2.24) is 19.8 Å². The zero-order valence-corrected chi connectivity index (χ0v) is 19.7. The number of ether oxygens (including phenoxy) is 1. The molecule has 0 spiro atoms. The van der Waals surface area contributed by atoms with Crippen molar-refractivity contribution in [3.8, 4) is 0 Å². The summed E-state index contributed by atoms with van der Waals surface area (Å²) in [5.74, 6) is 1.36. The normalized spacial score (nSPS) is 17.4. The lowest BCUT2D eigenvalue weighted by molar-refractivity contribution is 0.0132. The Balaban J connectivity index is 1.90. The first-order valence-corrected chi connectivity index (χ1v) is 12.0. The predicted octanol–water partition coefficient (Wildman–Crippen LogP) is 1.35. The van der Waals surface area contributed by atoms with Crippen LogP contribution >= 0.6 is 0 Å². The molecule has 1 unspecified atom stereocenters. The molecular weight excluding hydrogens is 402 g/mol. The van der Waals surface area contributed by atoms with Crippen molar-refractivity contribution in [2.45, 2.75) is 37.8 Å². The second kappa shape index (κ2) is 11.6. The summed E-state index contributed by atoms with van der Waals surface area (Å²) in [6.07, 6.45) is 1.12. The maximum atomic E-state index is 12.2. The molecule has 1 aliphatic heterocycles. The topological polar surface area (TPSA) is 86.3 Å². The van der Waals surface area contributed by atoms with E-state index in [1.807, 2.05) is 12.1 Å². The average molecular weight is 440 g/mol. The number of hydrogen-bond acceptors (Lipinski definition) is 5. The lowest BCUT2D eigenvalue weighted by Gasteiger charge is -2.35. The van der Waals surface area contributed by atoms with E-state index in [-0.39, 0.29) is 0 Å². The molecule has 170 valence electrons. The highest BCUT2D eigenvalue weighted by atomic mass is 32.2. The molecule has 1 atom stereocenters. The Bertz CT molecular complexity index is 772. The van der Waals surface area contributed by atoms with Gasteiger partial charge in [0, 0.05) is 53.4 Å². The van der Waals surface area contributed by atoms with Crippen molar-refractivity contribution >= 4 is 16.0 Å². The number of rotatable bonds is 9. The number of nitrogens with one attached hydrogen (secondary N) is 2. The van der Waals surface area contributed by atoms with Gasteiger partial charge in [-0.15, -0.1) is 0 Å². The fraction of sp³-hybridized carbons (Fsp3) is 0.667. The maximum absolute atomic E-state index is 12.2. The predicted molar refractivity (Wildman–Crippen MR) is 121 cm³/mol. The Kier molecular flexibility index (Phi) is 9.54. The van der Waals surface area contributed by atoms with Crippen molar-refractivity contribution in [2.24, 2.45) is 10.9 Å². The van der Waals surface area contributed by atoms with Crippen molar-refractivity contribution in [1.29, 1.82) is 0 Å². The first kappa shape index (κ1) is 24.6. The molecule has 1 aromatic carbocycles. The molecule has 0 amide bonds. The van der Waals surface area contributed by atoms with E-state index in [0.717, 1.165) is 50.8 Å². The minimum atomic E-state index is -3.41. The molecule has 30 heavy (non-hydrogen) atoms. The smallest absolute Gasteiger partial charge is 0.242 e. The Morgan fingerprint density at radius 3 is 2.33 bits per heavy atom. The van der Waals surface area contributed by atoms with Crippen LogP contribution in [0.25, 0.3) is 0 Å². The van der Waals surface area contributed by atoms with Crippen molar-refractivity contribution in [3.63, 3.8) is 0 Å². The van der Waals surface area contributed by atoms with E-state index in [1.165, 1.54) is 18.4 Å². The molecule has 1 heterocycles. The van der Waals surface area contributed by atoms with Gasteiger partial charge in [-0.25, -0.2) is 12.7 Å². The second-order valence-corrected chi connectivity index (χ2v) is 10.3. The van der Waals surface area contributed by atoms with Crippen LogP contribution in [0.5, 0.6) is 0 Å². The van der Waals surface area contributed by atoms with Crippen LogP contribution in [-0.2, 0) is 21.3 Å². The van der Waals surface area contributed by atoms with Gasteiger partial charge in [-0.1, -0.05) is 26.0 Å². The highest BCUT2D eigenvalue weighted by molar-refractivity contribution is 7.89. The fourth-order valence-electron chi connectivity index (χ4n) is 3.46. The summed E-state index contributed by atoms with van der Waals surface area (Å²) in [7, 11) is 1.42. The lowest BCUT2D eigenvalue weighted by atomic mass is 10.0. The van der Waals surface area contributed by atoms with Gasteiger partial charge >= 0.3 is 0 Å².